The number of benzene rings is 2. The highest BCUT2D eigenvalue weighted by atomic mass is 32.1. The molecule has 0 fully saturated rings. The second-order valence-corrected chi connectivity index (χ2v) is 8.15. The quantitative estimate of drug-likeness (QED) is 0.263. The van der Waals surface area contributed by atoms with E-state index in [1.165, 1.54) is 26.1 Å². The van der Waals surface area contributed by atoms with Crippen LogP contribution in [0.25, 0.3) is 5.69 Å². The summed E-state index contributed by atoms with van der Waals surface area (Å²) in [5, 5.41) is 0. The number of nitrogens with zero attached hydrogens (tertiary/aromatic N) is 2. The Morgan fingerprint density at radius 3 is 2.19 bits per heavy atom. The van der Waals surface area contributed by atoms with Crippen molar-refractivity contribution in [3.63, 3.8) is 0 Å². The van der Waals surface area contributed by atoms with E-state index in [2.05, 4.69) is 12.8 Å². The normalized spacial score (nSPS) is 10.4. The molecule has 10 heteroatoms. The molecule has 3 aromatic rings. The predicted molar refractivity (Wildman–Crippen MR) is 136 cm³/mol. The smallest absolute Gasteiger partial charge is 0.302 e. The number of ether oxygens (including phenoxy) is 1. The van der Waals surface area contributed by atoms with E-state index in [0.29, 0.717) is 17.2 Å². The molecule has 6 nitrogen and oxygen atoms in total. The summed E-state index contributed by atoms with van der Waals surface area (Å²) in [5.74, 6) is -4.07. The van der Waals surface area contributed by atoms with Gasteiger partial charge in [0.25, 0.3) is 5.56 Å². The Hall–Kier alpha value is -3.53. The lowest BCUT2D eigenvalue weighted by atomic mass is 10.0. The number of aromatic nitrogens is 1. The molecule has 0 atom stereocenters. The van der Waals surface area contributed by atoms with Gasteiger partial charge in [-0.15, -0.1) is 0 Å². The van der Waals surface area contributed by atoms with Crippen LogP contribution in [0.2, 0.25) is 0 Å². The van der Waals surface area contributed by atoms with Crippen LogP contribution in [0.4, 0.5) is 19.0 Å². The first-order valence-corrected chi connectivity index (χ1v) is 11.5. The lowest BCUT2D eigenvalue weighted by molar-refractivity contribution is -0.140. The molecule has 0 aliphatic heterocycles. The highest BCUT2D eigenvalue weighted by molar-refractivity contribution is 7.81. The van der Waals surface area contributed by atoms with E-state index in [1.807, 2.05) is 13.8 Å². The molecule has 36 heavy (non-hydrogen) atoms. The highest BCUT2D eigenvalue weighted by Gasteiger charge is 2.25. The van der Waals surface area contributed by atoms with Gasteiger partial charge >= 0.3 is 5.97 Å². The Labute approximate surface area is 212 Å². The van der Waals surface area contributed by atoms with Gasteiger partial charge in [0.15, 0.2) is 5.78 Å². The second-order valence-electron chi connectivity index (χ2n) is 7.55. The van der Waals surface area contributed by atoms with Gasteiger partial charge in [-0.25, -0.2) is 13.2 Å². The maximum atomic E-state index is 15.3. The molecule has 2 aromatic carbocycles. The minimum absolute atomic E-state index is 0.0609. The Bertz CT molecular complexity index is 1320. The fraction of sp³-hybridized carbons (Fsp3) is 0.269. The van der Waals surface area contributed by atoms with Gasteiger partial charge in [0.1, 0.15) is 23.3 Å². The van der Waals surface area contributed by atoms with Gasteiger partial charge in [-0.2, -0.15) is 0 Å². The SMILES string of the molecule is CC.CC(=O)OCCc1cc(C)c(-n2c(N(C)S)c(C(=O)c3ccc(F)cc3F)ccc2=O)c(F)c1. The van der Waals surface area contributed by atoms with Crippen molar-refractivity contribution in [3.8, 4) is 5.69 Å². The molecule has 192 valence electrons. The molecule has 0 N–H and O–H groups in total. The van der Waals surface area contributed by atoms with Gasteiger partial charge < -0.3 is 9.04 Å². The van der Waals surface area contributed by atoms with Crippen LogP contribution in [0.5, 0.6) is 0 Å². The van der Waals surface area contributed by atoms with Crippen molar-refractivity contribution >= 4 is 30.4 Å². The third-order valence-electron chi connectivity index (χ3n) is 5.03. The first kappa shape index (κ1) is 28.7. The molecule has 1 heterocycles. The Morgan fingerprint density at radius 2 is 1.64 bits per heavy atom. The van der Waals surface area contributed by atoms with E-state index in [4.69, 9.17) is 4.74 Å². The number of carbonyl (C=O) groups excluding carboxylic acids is 2. The van der Waals surface area contributed by atoms with Gasteiger partial charge in [-0.3, -0.25) is 19.0 Å². The number of hydrogen-bond acceptors (Lipinski definition) is 6. The average Bonchev–Trinajstić information content (AvgIpc) is 2.80. The maximum Gasteiger partial charge on any atom is 0.302 e. The number of aryl methyl sites for hydroxylation is 1. The molecule has 0 bridgehead atoms. The summed E-state index contributed by atoms with van der Waals surface area (Å²) < 4.78 is 49.9. The van der Waals surface area contributed by atoms with Crippen molar-refractivity contribution in [2.75, 3.05) is 18.0 Å². The summed E-state index contributed by atoms with van der Waals surface area (Å²) in [7, 11) is 1.42. The zero-order chi connectivity index (χ0) is 27.2. The van der Waals surface area contributed by atoms with Crippen LogP contribution in [-0.2, 0) is 16.0 Å². The van der Waals surface area contributed by atoms with Crippen LogP contribution < -0.4 is 9.86 Å². The van der Waals surface area contributed by atoms with Crippen LogP contribution in [0.15, 0.2) is 47.3 Å². The van der Waals surface area contributed by atoms with Crippen LogP contribution in [0.3, 0.4) is 0 Å². The van der Waals surface area contributed by atoms with Crippen molar-refractivity contribution in [1.29, 1.82) is 0 Å². The molecule has 0 saturated carbocycles. The lowest BCUT2D eigenvalue weighted by Crippen LogP contribution is -2.27. The molecule has 1 aromatic heterocycles. The first-order chi connectivity index (χ1) is 17.0. The topological polar surface area (TPSA) is 68.6 Å². The zero-order valence-electron chi connectivity index (χ0n) is 20.6. The van der Waals surface area contributed by atoms with Crippen molar-refractivity contribution in [3.05, 3.63) is 92.5 Å². The van der Waals surface area contributed by atoms with E-state index in [-0.39, 0.29) is 30.1 Å². The second kappa shape index (κ2) is 12.4. The largest absolute Gasteiger partial charge is 0.466 e. The number of ketones is 1. The standard InChI is InChI=1S/C24H21F3N2O4S.C2H6/c1-13-10-15(8-9-33-14(2)30)11-20(27)22(13)29-21(31)7-6-18(24(29)28(3)34)23(32)17-5-4-16(25)12-19(17)26;1-2/h4-7,10-12,34H,8-9H2,1-3H3;1-2H3. The average molecular weight is 521 g/mol. The van der Waals surface area contributed by atoms with Gasteiger partial charge in [-0.1, -0.05) is 32.7 Å². The summed E-state index contributed by atoms with van der Waals surface area (Å²) >= 11 is 4.22. The number of halogens is 3. The third-order valence-corrected chi connectivity index (χ3v) is 5.22. The number of pyridine rings is 1. The zero-order valence-corrected chi connectivity index (χ0v) is 21.5. The number of esters is 1. The van der Waals surface area contributed by atoms with Crippen LogP contribution >= 0.6 is 12.8 Å². The van der Waals surface area contributed by atoms with Crippen molar-refractivity contribution in [1.82, 2.24) is 4.57 Å². The van der Waals surface area contributed by atoms with Crippen molar-refractivity contribution in [2.45, 2.75) is 34.1 Å². The van der Waals surface area contributed by atoms with Gasteiger partial charge in [0.05, 0.1) is 23.4 Å². The number of hydrogen-bond donors (Lipinski definition) is 1. The molecule has 3 rings (SSSR count). The van der Waals surface area contributed by atoms with E-state index >= 15 is 4.39 Å². The minimum atomic E-state index is -1.07. The summed E-state index contributed by atoms with van der Waals surface area (Å²) in [6.45, 7) is 6.91. The van der Waals surface area contributed by atoms with Gasteiger partial charge in [0, 0.05) is 32.5 Å². The van der Waals surface area contributed by atoms with Crippen molar-refractivity contribution in [2.24, 2.45) is 0 Å². The Morgan fingerprint density at radius 1 is 1.00 bits per heavy atom. The Kier molecular flexibility index (Phi) is 9.92. The third kappa shape index (κ3) is 6.37. The van der Waals surface area contributed by atoms with E-state index in [0.717, 1.165) is 27.1 Å². The van der Waals surface area contributed by atoms with Crippen LogP contribution in [0, 0.1) is 24.4 Å². The Balaban J connectivity index is 0.00000222. The number of anilines is 1. The molecule has 0 unspecified atom stereocenters. The maximum absolute atomic E-state index is 15.3. The van der Waals surface area contributed by atoms with Crippen LogP contribution in [0.1, 0.15) is 47.8 Å². The predicted octanol–water partition coefficient (Wildman–Crippen LogP) is 5.21. The molecule has 0 spiro atoms. The highest BCUT2D eigenvalue weighted by Crippen LogP contribution is 2.29. The van der Waals surface area contributed by atoms with E-state index in [1.54, 1.807) is 13.0 Å². The van der Waals surface area contributed by atoms with E-state index < -0.39 is 40.3 Å². The van der Waals surface area contributed by atoms with Crippen LogP contribution in [-0.4, -0.2) is 30.0 Å². The first-order valence-electron chi connectivity index (χ1n) is 11.1. The summed E-state index contributed by atoms with van der Waals surface area (Å²) in [5.41, 5.74) is -0.419. The fourth-order valence-corrected chi connectivity index (χ4v) is 3.80. The van der Waals surface area contributed by atoms with Gasteiger partial charge in [0.2, 0.25) is 0 Å². The summed E-state index contributed by atoms with van der Waals surface area (Å²) in [6, 6.07) is 7.59. The molecular formula is C26H27F3N2O4S. The van der Waals surface area contributed by atoms with Gasteiger partial charge in [-0.05, 0) is 42.3 Å². The molecule has 0 saturated heterocycles. The monoisotopic (exact) mass is 520 g/mol. The van der Waals surface area contributed by atoms with Crippen molar-refractivity contribution < 1.29 is 27.5 Å². The summed E-state index contributed by atoms with van der Waals surface area (Å²) in [4.78, 5) is 36.9. The summed E-state index contributed by atoms with van der Waals surface area (Å²) in [6.07, 6.45) is 0.258. The molecular weight excluding hydrogens is 493 g/mol. The lowest BCUT2D eigenvalue weighted by Gasteiger charge is -2.23. The number of carbonyl (C=O) groups is 2. The number of thiol groups is 1. The molecule has 0 radical (unpaired) electrons. The molecule has 0 aliphatic carbocycles. The molecule has 0 amide bonds. The molecule has 0 aliphatic rings. The fourth-order valence-electron chi connectivity index (χ4n) is 3.61. The van der Waals surface area contributed by atoms with E-state index in [9.17, 15) is 23.2 Å². The number of rotatable bonds is 7. The minimum Gasteiger partial charge on any atom is -0.466 e.